The van der Waals surface area contributed by atoms with Crippen LogP contribution in [0.1, 0.15) is 23.2 Å². The minimum absolute atomic E-state index is 0.0872. The predicted molar refractivity (Wildman–Crippen MR) is 85.7 cm³/mol. The van der Waals surface area contributed by atoms with Crippen LogP contribution in [0, 0.1) is 29.1 Å². The van der Waals surface area contributed by atoms with Crippen LogP contribution in [0.15, 0.2) is 30.4 Å². The minimum atomic E-state index is -1.18. The molecule has 24 heavy (non-hydrogen) atoms. The average molecular weight is 344 g/mol. The highest BCUT2D eigenvalue weighted by Gasteiger charge is 2.73. The van der Waals surface area contributed by atoms with Crippen molar-refractivity contribution in [3.8, 4) is 0 Å². The van der Waals surface area contributed by atoms with E-state index in [4.69, 9.17) is 11.6 Å². The summed E-state index contributed by atoms with van der Waals surface area (Å²) < 4.78 is 0. The number of carboxylic acids is 1. The molecule has 2 bridgehead atoms. The van der Waals surface area contributed by atoms with Crippen molar-refractivity contribution < 1.29 is 19.5 Å². The van der Waals surface area contributed by atoms with E-state index in [1.807, 2.05) is 0 Å². The fourth-order valence-corrected chi connectivity index (χ4v) is 5.35. The van der Waals surface area contributed by atoms with Gasteiger partial charge in [0.05, 0.1) is 28.1 Å². The van der Waals surface area contributed by atoms with E-state index in [0.717, 1.165) is 12.8 Å². The van der Waals surface area contributed by atoms with Gasteiger partial charge >= 0.3 is 5.97 Å². The number of rotatable bonds is 2. The Kier molecular flexibility index (Phi) is 2.53. The molecular weight excluding hydrogens is 330 g/mol. The van der Waals surface area contributed by atoms with E-state index in [9.17, 15) is 19.5 Å². The first-order chi connectivity index (χ1) is 11.5. The summed E-state index contributed by atoms with van der Waals surface area (Å²) in [5, 5.41) is 9.30. The van der Waals surface area contributed by atoms with E-state index in [-0.39, 0.29) is 51.5 Å². The van der Waals surface area contributed by atoms with Gasteiger partial charge in [0.2, 0.25) is 11.8 Å². The maximum Gasteiger partial charge on any atom is 0.337 e. The number of hydrogen-bond acceptors (Lipinski definition) is 3. The Balaban J connectivity index is 1.56. The van der Waals surface area contributed by atoms with Crippen LogP contribution < -0.4 is 4.90 Å². The number of anilines is 1. The predicted octanol–water partition coefficient (Wildman–Crippen LogP) is 2.74. The van der Waals surface area contributed by atoms with Crippen LogP contribution in [0.3, 0.4) is 0 Å². The number of aromatic carboxylic acids is 1. The summed E-state index contributed by atoms with van der Waals surface area (Å²) in [5.41, 5.74) is 0.343. The maximum atomic E-state index is 13.0. The first-order valence-corrected chi connectivity index (χ1v) is 8.42. The summed E-state index contributed by atoms with van der Waals surface area (Å²) >= 11 is 5.89. The molecule has 1 aliphatic heterocycles. The Hall–Kier alpha value is -2.14. The van der Waals surface area contributed by atoms with Crippen molar-refractivity contribution in [2.75, 3.05) is 4.90 Å². The molecule has 3 aliphatic carbocycles. The van der Waals surface area contributed by atoms with E-state index < -0.39 is 5.97 Å². The number of carboxylic acid groups (broad SMARTS) is 1. The number of carbonyl (C=O) groups excluding carboxylic acids is 2. The SMILES string of the molecule is O=C(O)c1cc(N2C(=O)C3C(C2=O)C2C=CC3C23CC3)ccc1Cl. The van der Waals surface area contributed by atoms with Crippen molar-refractivity contribution in [3.05, 3.63) is 40.9 Å². The van der Waals surface area contributed by atoms with Crippen LogP contribution in [-0.2, 0) is 9.59 Å². The lowest BCUT2D eigenvalue weighted by molar-refractivity contribution is -0.123. The number of halogens is 1. The van der Waals surface area contributed by atoms with Gasteiger partial charge in [0.25, 0.3) is 0 Å². The Morgan fingerprint density at radius 3 is 2.21 bits per heavy atom. The van der Waals surface area contributed by atoms with E-state index in [1.54, 1.807) is 0 Å². The fourth-order valence-electron chi connectivity index (χ4n) is 5.15. The van der Waals surface area contributed by atoms with Gasteiger partial charge < -0.3 is 5.11 Å². The van der Waals surface area contributed by atoms with Crippen molar-refractivity contribution >= 4 is 35.1 Å². The Bertz CT molecular complexity index is 823. The number of hydrogen-bond donors (Lipinski definition) is 1. The van der Waals surface area contributed by atoms with Gasteiger partial charge in [-0.3, -0.25) is 9.59 Å². The second kappa shape index (κ2) is 4.28. The number of amides is 2. The van der Waals surface area contributed by atoms with Crippen molar-refractivity contribution in [2.45, 2.75) is 12.8 Å². The normalized spacial score (nSPS) is 34.3. The molecule has 4 unspecified atom stereocenters. The van der Waals surface area contributed by atoms with E-state index >= 15 is 0 Å². The lowest BCUT2D eigenvalue weighted by atomic mass is 9.85. The molecule has 1 spiro atoms. The molecule has 1 aromatic carbocycles. The third-order valence-corrected chi connectivity index (χ3v) is 6.62. The molecule has 2 amide bonds. The van der Waals surface area contributed by atoms with Gasteiger partial charge in [-0.15, -0.1) is 0 Å². The number of imide groups is 1. The molecule has 1 N–H and O–H groups in total. The minimum Gasteiger partial charge on any atom is -0.478 e. The molecule has 4 atom stereocenters. The molecule has 5 rings (SSSR count). The van der Waals surface area contributed by atoms with Crippen LogP contribution >= 0.6 is 11.6 Å². The number of nitrogens with zero attached hydrogens (tertiary/aromatic N) is 1. The molecule has 1 aromatic rings. The largest absolute Gasteiger partial charge is 0.478 e. The zero-order chi connectivity index (χ0) is 16.8. The van der Waals surface area contributed by atoms with Crippen LogP contribution in [0.25, 0.3) is 0 Å². The van der Waals surface area contributed by atoms with Crippen LogP contribution in [-0.4, -0.2) is 22.9 Å². The average Bonchev–Trinajstić information content (AvgIpc) is 3.14. The molecule has 3 fully saturated rings. The van der Waals surface area contributed by atoms with Crippen LogP contribution in [0.4, 0.5) is 5.69 Å². The van der Waals surface area contributed by atoms with E-state index in [2.05, 4.69) is 12.2 Å². The van der Waals surface area contributed by atoms with Gasteiger partial charge in [-0.05, 0) is 48.3 Å². The lowest BCUT2D eigenvalue weighted by Crippen LogP contribution is -2.34. The van der Waals surface area contributed by atoms with Crippen molar-refractivity contribution in [1.82, 2.24) is 0 Å². The molecule has 4 aliphatic rings. The highest BCUT2D eigenvalue weighted by molar-refractivity contribution is 6.34. The smallest absolute Gasteiger partial charge is 0.337 e. The van der Waals surface area contributed by atoms with Crippen molar-refractivity contribution in [3.63, 3.8) is 0 Å². The third-order valence-electron chi connectivity index (χ3n) is 6.29. The number of carbonyl (C=O) groups is 3. The highest BCUT2D eigenvalue weighted by atomic mass is 35.5. The quantitative estimate of drug-likeness (QED) is 0.662. The zero-order valence-electron chi connectivity index (χ0n) is 12.6. The summed E-state index contributed by atoms with van der Waals surface area (Å²) in [6.07, 6.45) is 6.40. The van der Waals surface area contributed by atoms with Crippen molar-refractivity contribution in [2.24, 2.45) is 29.1 Å². The van der Waals surface area contributed by atoms with Gasteiger partial charge in [0.15, 0.2) is 0 Å². The molecule has 1 saturated heterocycles. The molecule has 6 heteroatoms. The van der Waals surface area contributed by atoms with Gasteiger partial charge in [0.1, 0.15) is 0 Å². The molecule has 122 valence electrons. The third kappa shape index (κ3) is 1.49. The molecule has 0 radical (unpaired) electrons. The number of allylic oxidation sites excluding steroid dienone is 2. The van der Waals surface area contributed by atoms with Gasteiger partial charge in [-0.2, -0.15) is 0 Å². The Morgan fingerprint density at radius 2 is 1.71 bits per heavy atom. The van der Waals surface area contributed by atoms with Gasteiger partial charge in [-0.1, -0.05) is 23.8 Å². The summed E-state index contributed by atoms with van der Waals surface area (Å²) in [7, 11) is 0. The summed E-state index contributed by atoms with van der Waals surface area (Å²) in [5.74, 6) is -1.86. The highest BCUT2D eigenvalue weighted by Crippen LogP contribution is 2.73. The van der Waals surface area contributed by atoms with E-state index in [1.165, 1.54) is 23.1 Å². The first-order valence-electron chi connectivity index (χ1n) is 8.05. The molecule has 1 heterocycles. The molecule has 0 aromatic heterocycles. The standard InChI is InChI=1S/C18H14ClNO4/c19-12-4-1-8(7-9(12)17(23)24)20-15(21)13-10-2-3-11(14(13)16(20)22)18(10)5-6-18/h1-4,7,10-11,13-14H,5-6H2,(H,23,24). The number of benzene rings is 1. The van der Waals surface area contributed by atoms with Gasteiger partial charge in [0, 0.05) is 0 Å². The van der Waals surface area contributed by atoms with Gasteiger partial charge in [-0.25, -0.2) is 9.69 Å². The second-order valence-electron chi connectivity index (χ2n) is 7.20. The summed E-state index contributed by atoms with van der Waals surface area (Å²) in [6.45, 7) is 0. The molecular formula is C18H14ClNO4. The second-order valence-corrected chi connectivity index (χ2v) is 7.61. The molecule has 2 saturated carbocycles. The first kappa shape index (κ1) is 14.2. The number of fused-ring (bicyclic) bond motifs is 3. The van der Waals surface area contributed by atoms with Crippen LogP contribution in [0.2, 0.25) is 5.02 Å². The zero-order valence-corrected chi connectivity index (χ0v) is 13.4. The Morgan fingerprint density at radius 1 is 1.12 bits per heavy atom. The summed E-state index contributed by atoms with van der Waals surface area (Å²) in [6, 6.07) is 4.27. The van der Waals surface area contributed by atoms with Crippen LogP contribution in [0.5, 0.6) is 0 Å². The fraction of sp³-hybridized carbons (Fsp3) is 0.389. The Labute approximate surface area is 142 Å². The van der Waals surface area contributed by atoms with Crippen molar-refractivity contribution in [1.29, 1.82) is 0 Å². The molecule has 5 nitrogen and oxygen atoms in total. The summed E-state index contributed by atoms with van der Waals surface area (Å²) in [4.78, 5) is 38.4. The lowest BCUT2D eigenvalue weighted by Gasteiger charge is -2.22. The van der Waals surface area contributed by atoms with E-state index in [0.29, 0.717) is 5.69 Å². The monoisotopic (exact) mass is 343 g/mol. The topological polar surface area (TPSA) is 74.7 Å². The maximum absolute atomic E-state index is 13.0.